The Balaban J connectivity index is 1.98. The smallest absolute Gasteiger partial charge is 0.306 e. The first kappa shape index (κ1) is 14.8. The predicted octanol–water partition coefficient (Wildman–Crippen LogP) is 0.934. The topological polar surface area (TPSA) is 79.6 Å². The number of carboxylic acids is 1. The number of carboxylic acid groups (broad SMARTS) is 1. The number of aliphatic carboxylic acids is 1. The van der Waals surface area contributed by atoms with Crippen LogP contribution in [0.25, 0.3) is 0 Å². The van der Waals surface area contributed by atoms with Gasteiger partial charge in [0, 0.05) is 19.3 Å². The third-order valence-corrected chi connectivity index (χ3v) is 4.08. The Bertz CT molecular complexity index is 576. The second kappa shape index (κ2) is 6.21. The Morgan fingerprint density at radius 1 is 1.35 bits per heavy atom. The highest BCUT2D eigenvalue weighted by Gasteiger charge is 2.27. The fourth-order valence-corrected chi connectivity index (χ4v) is 2.63. The zero-order valence-electron chi connectivity index (χ0n) is 10.8. The van der Waals surface area contributed by atoms with Crippen molar-refractivity contribution in [2.75, 3.05) is 13.1 Å². The zero-order chi connectivity index (χ0) is 14.7. The second-order valence-electron chi connectivity index (χ2n) is 4.78. The number of amides is 1. The molecule has 7 heteroatoms. The summed E-state index contributed by atoms with van der Waals surface area (Å²) in [5.74, 6) is -1.33. The Hall–Kier alpha value is -1.63. The van der Waals surface area contributed by atoms with E-state index in [2.05, 4.69) is 15.9 Å². The van der Waals surface area contributed by atoms with Crippen LogP contribution in [0, 0.1) is 5.92 Å². The molecule has 0 spiro atoms. The molecule has 0 radical (unpaired) electrons. The van der Waals surface area contributed by atoms with Crippen LogP contribution in [0.1, 0.15) is 12.8 Å². The van der Waals surface area contributed by atoms with Crippen LogP contribution in [-0.4, -0.2) is 39.5 Å². The third kappa shape index (κ3) is 3.27. The summed E-state index contributed by atoms with van der Waals surface area (Å²) in [6, 6.07) is 3.32. The average molecular weight is 343 g/mol. The lowest BCUT2D eigenvalue weighted by atomic mass is 9.97. The number of aromatic nitrogens is 1. The number of hydrogen-bond acceptors (Lipinski definition) is 3. The number of pyridine rings is 1. The Kier molecular flexibility index (Phi) is 4.59. The van der Waals surface area contributed by atoms with Crippen molar-refractivity contribution in [3.8, 4) is 0 Å². The SMILES string of the molecule is O=C(O)C1CCN(C(=O)Cn2cccc(Br)c2=O)CC1. The van der Waals surface area contributed by atoms with E-state index in [9.17, 15) is 14.4 Å². The third-order valence-electron chi connectivity index (χ3n) is 3.48. The highest BCUT2D eigenvalue weighted by Crippen LogP contribution is 2.17. The van der Waals surface area contributed by atoms with E-state index in [1.165, 1.54) is 4.57 Å². The van der Waals surface area contributed by atoms with Crippen LogP contribution in [0.15, 0.2) is 27.6 Å². The van der Waals surface area contributed by atoms with E-state index in [-0.39, 0.29) is 23.9 Å². The van der Waals surface area contributed by atoms with Crippen molar-refractivity contribution >= 4 is 27.8 Å². The summed E-state index contributed by atoms with van der Waals surface area (Å²) < 4.78 is 1.76. The van der Waals surface area contributed by atoms with Gasteiger partial charge in [0.25, 0.3) is 5.56 Å². The first-order chi connectivity index (χ1) is 9.49. The molecule has 0 unspecified atom stereocenters. The van der Waals surface area contributed by atoms with Gasteiger partial charge in [-0.15, -0.1) is 0 Å². The number of piperidine rings is 1. The lowest BCUT2D eigenvalue weighted by Crippen LogP contribution is -2.42. The van der Waals surface area contributed by atoms with Crippen molar-refractivity contribution < 1.29 is 14.7 Å². The van der Waals surface area contributed by atoms with Crippen LogP contribution in [0.5, 0.6) is 0 Å². The molecule has 0 aliphatic carbocycles. The molecule has 0 aromatic carbocycles. The molecule has 1 fully saturated rings. The summed E-state index contributed by atoms with van der Waals surface area (Å²) in [6.45, 7) is 0.840. The van der Waals surface area contributed by atoms with Crippen LogP contribution in [0.3, 0.4) is 0 Å². The van der Waals surface area contributed by atoms with Crippen LogP contribution in [-0.2, 0) is 16.1 Å². The summed E-state index contributed by atoms with van der Waals surface area (Å²) >= 11 is 3.13. The first-order valence-corrected chi connectivity index (χ1v) is 7.14. The quantitative estimate of drug-likeness (QED) is 0.886. The highest BCUT2D eigenvalue weighted by molar-refractivity contribution is 9.10. The normalized spacial score (nSPS) is 16.1. The van der Waals surface area contributed by atoms with Crippen molar-refractivity contribution in [1.29, 1.82) is 0 Å². The van der Waals surface area contributed by atoms with Gasteiger partial charge in [-0.25, -0.2) is 0 Å². The van der Waals surface area contributed by atoms with Gasteiger partial charge in [-0.05, 0) is 40.9 Å². The highest BCUT2D eigenvalue weighted by atomic mass is 79.9. The van der Waals surface area contributed by atoms with Crippen LogP contribution < -0.4 is 5.56 Å². The summed E-state index contributed by atoms with van der Waals surface area (Å²) in [6.07, 6.45) is 2.50. The molecule has 0 saturated carbocycles. The summed E-state index contributed by atoms with van der Waals surface area (Å²) in [7, 11) is 0. The van der Waals surface area contributed by atoms with E-state index in [1.807, 2.05) is 0 Å². The zero-order valence-corrected chi connectivity index (χ0v) is 12.4. The van der Waals surface area contributed by atoms with Crippen LogP contribution in [0.2, 0.25) is 0 Å². The van der Waals surface area contributed by atoms with Crippen LogP contribution >= 0.6 is 15.9 Å². The monoisotopic (exact) mass is 342 g/mol. The molecule has 1 aromatic rings. The molecular formula is C13H15BrN2O4. The number of carbonyl (C=O) groups is 2. The standard InChI is InChI=1S/C13H15BrN2O4/c14-10-2-1-5-16(12(10)18)8-11(17)15-6-3-9(4-7-15)13(19)20/h1-2,5,9H,3-4,6-8H2,(H,19,20). The van der Waals surface area contributed by atoms with Gasteiger partial charge in [0.15, 0.2) is 0 Å². The fourth-order valence-electron chi connectivity index (χ4n) is 2.25. The molecule has 6 nitrogen and oxygen atoms in total. The number of rotatable bonds is 3. The minimum Gasteiger partial charge on any atom is -0.481 e. The van der Waals surface area contributed by atoms with Crippen molar-refractivity contribution in [2.24, 2.45) is 5.92 Å². The average Bonchev–Trinajstić information content (AvgIpc) is 2.44. The molecule has 1 aliphatic rings. The molecule has 2 rings (SSSR count). The Labute approximate surface area is 124 Å². The lowest BCUT2D eigenvalue weighted by Gasteiger charge is -2.30. The van der Waals surface area contributed by atoms with Gasteiger partial charge in [-0.1, -0.05) is 0 Å². The van der Waals surface area contributed by atoms with E-state index in [0.29, 0.717) is 30.4 Å². The van der Waals surface area contributed by atoms with E-state index in [0.717, 1.165) is 0 Å². The fraction of sp³-hybridized carbons (Fsp3) is 0.462. The molecular weight excluding hydrogens is 328 g/mol. The van der Waals surface area contributed by atoms with Gasteiger partial charge in [0.1, 0.15) is 6.54 Å². The summed E-state index contributed by atoms with van der Waals surface area (Å²) in [5.41, 5.74) is -0.249. The number of likely N-dealkylation sites (tertiary alicyclic amines) is 1. The largest absolute Gasteiger partial charge is 0.481 e. The molecule has 0 bridgehead atoms. The van der Waals surface area contributed by atoms with E-state index < -0.39 is 5.97 Å². The second-order valence-corrected chi connectivity index (χ2v) is 5.64. The van der Waals surface area contributed by atoms with Crippen molar-refractivity contribution in [3.05, 3.63) is 33.2 Å². The van der Waals surface area contributed by atoms with Crippen LogP contribution in [0.4, 0.5) is 0 Å². The van der Waals surface area contributed by atoms with Gasteiger partial charge in [-0.2, -0.15) is 0 Å². The van der Waals surface area contributed by atoms with Gasteiger partial charge in [0.05, 0.1) is 10.4 Å². The summed E-state index contributed by atoms with van der Waals surface area (Å²) in [4.78, 5) is 36.4. The lowest BCUT2D eigenvalue weighted by molar-refractivity contribution is -0.145. The molecule has 1 saturated heterocycles. The minimum atomic E-state index is -0.805. The van der Waals surface area contributed by atoms with Gasteiger partial charge in [-0.3, -0.25) is 14.4 Å². The molecule has 0 atom stereocenters. The van der Waals surface area contributed by atoms with Crippen molar-refractivity contribution in [2.45, 2.75) is 19.4 Å². The molecule has 20 heavy (non-hydrogen) atoms. The maximum atomic E-state index is 12.1. The van der Waals surface area contributed by atoms with E-state index in [4.69, 9.17) is 5.11 Å². The molecule has 1 aliphatic heterocycles. The Morgan fingerprint density at radius 2 is 2.00 bits per heavy atom. The predicted molar refractivity (Wildman–Crippen MR) is 75.3 cm³/mol. The van der Waals surface area contributed by atoms with Gasteiger partial charge in [0.2, 0.25) is 5.91 Å². The van der Waals surface area contributed by atoms with E-state index in [1.54, 1.807) is 23.2 Å². The van der Waals surface area contributed by atoms with E-state index >= 15 is 0 Å². The van der Waals surface area contributed by atoms with Gasteiger partial charge >= 0.3 is 5.97 Å². The molecule has 108 valence electrons. The van der Waals surface area contributed by atoms with Crippen molar-refractivity contribution in [3.63, 3.8) is 0 Å². The maximum Gasteiger partial charge on any atom is 0.306 e. The number of carbonyl (C=O) groups excluding carboxylic acids is 1. The summed E-state index contributed by atoms with van der Waals surface area (Å²) in [5, 5.41) is 8.91. The molecule has 1 aromatic heterocycles. The minimum absolute atomic E-state index is 0.0178. The maximum absolute atomic E-state index is 12.1. The molecule has 1 amide bonds. The number of hydrogen-bond donors (Lipinski definition) is 1. The van der Waals surface area contributed by atoms with Crippen molar-refractivity contribution in [1.82, 2.24) is 9.47 Å². The molecule has 2 heterocycles. The Morgan fingerprint density at radius 3 is 2.60 bits per heavy atom. The number of halogens is 1. The molecule has 1 N–H and O–H groups in total. The van der Waals surface area contributed by atoms with Gasteiger partial charge < -0.3 is 14.6 Å². The number of nitrogens with zero attached hydrogens (tertiary/aromatic N) is 2. The first-order valence-electron chi connectivity index (χ1n) is 6.34.